The third kappa shape index (κ3) is 4.12. The first kappa shape index (κ1) is 7.27. The molecule has 0 aromatic heterocycles. The predicted octanol–water partition coefficient (Wildman–Crippen LogP) is -0.0781. The summed E-state index contributed by atoms with van der Waals surface area (Å²) in [7, 11) is -0.337. The normalized spacial score (nSPS) is 12.9. The van der Waals surface area contributed by atoms with E-state index in [4.69, 9.17) is 10.9 Å². The molecule has 0 radical (unpaired) electrons. The highest BCUT2D eigenvalue weighted by Gasteiger charge is 1.78. The van der Waals surface area contributed by atoms with Gasteiger partial charge in [0, 0.05) is 12.3 Å². The molecule has 0 fully saturated rings. The Bertz CT molecular complexity index is 95.1. The third-order valence-corrected chi connectivity index (χ3v) is 1.98. The number of hydrogen-bond acceptors (Lipinski definition) is 3. The van der Waals surface area contributed by atoms with Crippen molar-refractivity contribution >= 4 is 27.2 Å². The van der Waals surface area contributed by atoms with Gasteiger partial charge in [0.15, 0.2) is 0 Å². The lowest BCUT2D eigenvalue weighted by molar-refractivity contribution is 1.15. The fourth-order valence-corrected chi connectivity index (χ4v) is 0.756. The lowest BCUT2D eigenvalue weighted by Gasteiger charge is -1.89. The molecule has 0 bridgehead atoms. The molecule has 0 aliphatic rings. The van der Waals surface area contributed by atoms with Crippen LogP contribution in [0.3, 0.4) is 0 Å². The van der Waals surface area contributed by atoms with Crippen LogP contribution in [0, 0.1) is 0 Å². The Kier molecular flexibility index (Phi) is 4.60. The molecule has 1 atom stereocenters. The van der Waals surface area contributed by atoms with Crippen LogP contribution in [0.5, 0.6) is 0 Å². The summed E-state index contributed by atoms with van der Waals surface area (Å²) in [4.78, 5) is 0. The first-order chi connectivity index (χ1) is 3.31. The van der Waals surface area contributed by atoms with Gasteiger partial charge in [0.05, 0.1) is 0 Å². The van der Waals surface area contributed by atoms with Crippen LogP contribution >= 0.6 is 22.9 Å². The maximum Gasteiger partial charge on any atom is 0.0217 e. The van der Waals surface area contributed by atoms with Crippen molar-refractivity contribution in [3.05, 3.63) is 0 Å². The highest BCUT2D eigenvalue weighted by Crippen LogP contribution is 1.91. The van der Waals surface area contributed by atoms with Crippen molar-refractivity contribution in [2.75, 3.05) is 12.3 Å². The van der Waals surface area contributed by atoms with Gasteiger partial charge in [-0.15, -0.1) is 0 Å². The van der Waals surface area contributed by atoms with Crippen LogP contribution in [0.15, 0.2) is 0 Å². The van der Waals surface area contributed by atoms with Crippen molar-refractivity contribution in [3.63, 3.8) is 0 Å². The average molecular weight is 136 g/mol. The molecular weight excluding hydrogens is 128 g/mol. The molecule has 2 nitrogen and oxygen atoms in total. The fourth-order valence-electron chi connectivity index (χ4n) is 0.169. The first-order valence-corrected chi connectivity index (χ1v) is 3.71. The van der Waals surface area contributed by atoms with E-state index in [1.165, 1.54) is 0 Å². The van der Waals surface area contributed by atoms with Crippen molar-refractivity contribution in [2.45, 2.75) is 0 Å². The van der Waals surface area contributed by atoms with Gasteiger partial charge in [-0.3, -0.25) is 5.14 Å². The van der Waals surface area contributed by atoms with E-state index in [0.29, 0.717) is 6.54 Å². The molecule has 42 valence electrons. The fraction of sp³-hybridized carbons (Fsp3) is 0.667. The second kappa shape index (κ2) is 4.43. The molecule has 1 unspecified atom stereocenters. The van der Waals surface area contributed by atoms with Crippen LogP contribution < -0.4 is 10.9 Å². The van der Waals surface area contributed by atoms with Crippen LogP contribution in [0.2, 0.25) is 0 Å². The highest BCUT2D eigenvalue weighted by molar-refractivity contribution is 8.17. The summed E-state index contributed by atoms with van der Waals surface area (Å²) in [6, 6.07) is 0. The van der Waals surface area contributed by atoms with Gasteiger partial charge in [-0.1, -0.05) is 10.7 Å². The van der Waals surface area contributed by atoms with Gasteiger partial charge < -0.3 is 5.73 Å². The lowest BCUT2D eigenvalue weighted by Crippen LogP contribution is -2.05. The SMILES string of the molecule is NCCS(N)=C=S. The monoisotopic (exact) mass is 136 g/mol. The van der Waals surface area contributed by atoms with Crippen molar-refractivity contribution < 1.29 is 0 Å². The lowest BCUT2D eigenvalue weighted by atomic mass is 10.8. The van der Waals surface area contributed by atoms with Crippen LogP contribution in [0.25, 0.3) is 0 Å². The van der Waals surface area contributed by atoms with Gasteiger partial charge in [0.1, 0.15) is 0 Å². The minimum atomic E-state index is -0.337. The largest absolute Gasteiger partial charge is 0.330 e. The molecule has 4 N–H and O–H groups in total. The van der Waals surface area contributed by atoms with E-state index in [1.807, 2.05) is 0 Å². The Labute approximate surface area is 50.9 Å². The molecule has 0 amide bonds. The highest BCUT2D eigenvalue weighted by atomic mass is 32.2. The Morgan fingerprint density at radius 1 is 1.71 bits per heavy atom. The van der Waals surface area contributed by atoms with E-state index in [9.17, 15) is 0 Å². The Hall–Kier alpha value is 0.270. The first-order valence-electron chi connectivity index (χ1n) is 1.84. The predicted molar refractivity (Wildman–Crippen MR) is 38.3 cm³/mol. The summed E-state index contributed by atoms with van der Waals surface area (Å²) >= 11 is 4.42. The van der Waals surface area contributed by atoms with Crippen molar-refractivity contribution in [1.82, 2.24) is 0 Å². The Morgan fingerprint density at radius 3 is 2.43 bits per heavy atom. The molecule has 7 heavy (non-hydrogen) atoms. The number of hydrogen-bond donors (Lipinski definition) is 2. The van der Waals surface area contributed by atoms with Gasteiger partial charge in [0.25, 0.3) is 0 Å². The van der Waals surface area contributed by atoms with Gasteiger partial charge in [-0.25, -0.2) is 0 Å². The van der Waals surface area contributed by atoms with E-state index >= 15 is 0 Å². The summed E-state index contributed by atoms with van der Waals surface area (Å²) in [5.74, 6) is 0.767. The van der Waals surface area contributed by atoms with E-state index < -0.39 is 0 Å². The number of thiocarbonyl (C=S) groups is 1. The third-order valence-electron chi connectivity index (χ3n) is 0.445. The van der Waals surface area contributed by atoms with Crippen molar-refractivity contribution in [2.24, 2.45) is 10.9 Å². The Balaban J connectivity index is 3.37. The standard InChI is InChI=1S/C3H8N2S2/c4-1-2-7(5)3-6/h1-2,4-5H2. The molecule has 0 aromatic carbocycles. The van der Waals surface area contributed by atoms with Crippen molar-refractivity contribution in [3.8, 4) is 0 Å². The molecule has 0 aliphatic heterocycles. The summed E-state index contributed by atoms with van der Waals surface area (Å²) in [6.07, 6.45) is 0. The molecule has 0 aromatic rings. The summed E-state index contributed by atoms with van der Waals surface area (Å²) in [5.41, 5.74) is 5.15. The molecule has 4 heteroatoms. The van der Waals surface area contributed by atoms with E-state index in [2.05, 4.69) is 16.5 Å². The van der Waals surface area contributed by atoms with Gasteiger partial charge in [0.2, 0.25) is 0 Å². The topological polar surface area (TPSA) is 52.0 Å². The maximum absolute atomic E-state index is 5.32. The van der Waals surface area contributed by atoms with Gasteiger partial charge in [-0.05, 0) is 16.5 Å². The molecule has 0 rings (SSSR count). The van der Waals surface area contributed by atoms with Gasteiger partial charge in [-0.2, -0.15) is 0 Å². The van der Waals surface area contributed by atoms with E-state index in [-0.39, 0.29) is 10.7 Å². The smallest absolute Gasteiger partial charge is 0.0217 e. The number of rotatable bonds is 2. The zero-order chi connectivity index (χ0) is 5.70. The second-order valence-electron chi connectivity index (χ2n) is 1.00. The Morgan fingerprint density at radius 2 is 2.29 bits per heavy atom. The van der Waals surface area contributed by atoms with Crippen LogP contribution in [0.4, 0.5) is 0 Å². The molecule has 0 saturated carbocycles. The molecule has 0 saturated heterocycles. The molecular formula is C3H8N2S2. The zero-order valence-corrected chi connectivity index (χ0v) is 5.52. The second-order valence-corrected chi connectivity index (χ2v) is 2.94. The summed E-state index contributed by atoms with van der Waals surface area (Å²) in [5, 5.41) is 5.32. The van der Waals surface area contributed by atoms with Gasteiger partial charge >= 0.3 is 0 Å². The van der Waals surface area contributed by atoms with Crippen molar-refractivity contribution in [1.29, 1.82) is 0 Å². The maximum atomic E-state index is 5.32. The quantitative estimate of drug-likeness (QED) is 0.522. The summed E-state index contributed by atoms with van der Waals surface area (Å²) in [6.45, 7) is 0.600. The van der Waals surface area contributed by atoms with E-state index in [1.54, 1.807) is 0 Å². The van der Waals surface area contributed by atoms with Crippen LogP contribution in [-0.2, 0) is 0 Å². The molecule has 0 heterocycles. The van der Waals surface area contributed by atoms with Crippen LogP contribution in [-0.4, -0.2) is 16.6 Å². The van der Waals surface area contributed by atoms with Crippen LogP contribution in [0.1, 0.15) is 0 Å². The minimum absolute atomic E-state index is 0.337. The average Bonchev–Trinajstić information content (AvgIpc) is 1.68. The molecule has 0 aliphatic carbocycles. The summed E-state index contributed by atoms with van der Waals surface area (Å²) < 4.78 is 2.47. The number of nitrogens with two attached hydrogens (primary N) is 2. The molecule has 0 spiro atoms. The van der Waals surface area contributed by atoms with E-state index in [0.717, 1.165) is 5.75 Å². The minimum Gasteiger partial charge on any atom is -0.330 e. The zero-order valence-electron chi connectivity index (χ0n) is 3.89.